The second-order valence-electron chi connectivity index (χ2n) is 8.69. The van der Waals surface area contributed by atoms with E-state index in [0.717, 1.165) is 25.9 Å². The molecule has 2 aliphatic heterocycles. The number of rotatable bonds is 5. The van der Waals surface area contributed by atoms with Gasteiger partial charge in [-0.05, 0) is 43.0 Å². The minimum absolute atomic E-state index is 0.0505. The second kappa shape index (κ2) is 9.27. The summed E-state index contributed by atoms with van der Waals surface area (Å²) in [6.45, 7) is 3.95. The quantitative estimate of drug-likeness (QED) is 0.543. The van der Waals surface area contributed by atoms with E-state index in [-0.39, 0.29) is 30.2 Å². The van der Waals surface area contributed by atoms with E-state index in [0.29, 0.717) is 34.2 Å². The number of carbonyl (C=O) groups is 1. The van der Waals surface area contributed by atoms with E-state index in [1.54, 1.807) is 24.3 Å². The lowest BCUT2D eigenvalue weighted by Gasteiger charge is -2.34. The molecule has 0 unspecified atom stereocenters. The molecule has 1 amide bonds. The summed E-state index contributed by atoms with van der Waals surface area (Å²) in [5, 5.41) is 22.6. The van der Waals surface area contributed by atoms with Gasteiger partial charge in [0.25, 0.3) is 11.6 Å². The van der Waals surface area contributed by atoms with E-state index < -0.39 is 11.0 Å². The Bertz CT molecular complexity index is 1060. The highest BCUT2D eigenvalue weighted by Crippen LogP contribution is 2.40. The number of aliphatic hydroxyl groups excluding tert-OH is 1. The van der Waals surface area contributed by atoms with E-state index in [2.05, 4.69) is 6.92 Å². The van der Waals surface area contributed by atoms with Crippen LogP contribution in [0.2, 0.25) is 0 Å². The third-order valence-electron chi connectivity index (χ3n) is 6.62. The molecule has 1 fully saturated rings. The van der Waals surface area contributed by atoms with Crippen LogP contribution in [-0.4, -0.2) is 54.7 Å². The monoisotopic (exact) mass is 455 g/mol. The van der Waals surface area contributed by atoms with Crippen LogP contribution in [0.3, 0.4) is 0 Å². The number of nitro benzene ring substituents is 1. The van der Waals surface area contributed by atoms with Crippen molar-refractivity contribution in [3.63, 3.8) is 0 Å². The zero-order chi connectivity index (χ0) is 23.7. The number of piperidine rings is 1. The highest BCUT2D eigenvalue weighted by molar-refractivity contribution is 5.96. The molecule has 1 atom stereocenters. The van der Waals surface area contributed by atoms with Crippen LogP contribution in [0.5, 0.6) is 11.5 Å². The summed E-state index contributed by atoms with van der Waals surface area (Å²) in [4.78, 5) is 28.2. The topological polar surface area (TPSA) is 105 Å². The van der Waals surface area contributed by atoms with Gasteiger partial charge in [-0.3, -0.25) is 14.9 Å². The van der Waals surface area contributed by atoms with Gasteiger partial charge in [0.2, 0.25) is 0 Å². The maximum absolute atomic E-state index is 13.3. The summed E-state index contributed by atoms with van der Waals surface area (Å²) >= 11 is 0. The van der Waals surface area contributed by atoms with E-state index >= 15 is 0 Å². The van der Waals surface area contributed by atoms with Gasteiger partial charge in [-0.1, -0.05) is 6.92 Å². The van der Waals surface area contributed by atoms with Crippen LogP contribution < -0.4 is 14.4 Å². The van der Waals surface area contributed by atoms with Crippen molar-refractivity contribution >= 4 is 17.3 Å². The molecular formula is C24H29N3O6. The molecule has 0 radical (unpaired) electrons. The number of amides is 1. The van der Waals surface area contributed by atoms with Gasteiger partial charge in [-0.15, -0.1) is 0 Å². The zero-order valence-electron chi connectivity index (χ0n) is 19.1. The fraction of sp³-hybridized carbons (Fsp3) is 0.458. The lowest BCUT2D eigenvalue weighted by atomic mass is 9.94. The van der Waals surface area contributed by atoms with Crippen molar-refractivity contribution in [2.24, 2.45) is 5.92 Å². The average Bonchev–Trinajstić information content (AvgIpc) is 2.82. The molecule has 2 heterocycles. The Morgan fingerprint density at radius 1 is 1.12 bits per heavy atom. The van der Waals surface area contributed by atoms with Gasteiger partial charge >= 0.3 is 0 Å². The van der Waals surface area contributed by atoms with Crippen LogP contribution in [0.15, 0.2) is 30.3 Å². The van der Waals surface area contributed by atoms with Crippen molar-refractivity contribution in [3.05, 3.63) is 57.1 Å². The van der Waals surface area contributed by atoms with Gasteiger partial charge in [0.1, 0.15) is 23.3 Å². The maximum atomic E-state index is 13.3. The molecular weight excluding hydrogens is 426 g/mol. The standard InChI is InChI=1S/C24H29N3O6/c1-15-8-10-25(11-9-15)18-5-4-16(12-19(18)27(30)31)24(29)26-13-17-21(32-2)6-7-22(33-3)23(17)20(28)14-26/h4-7,12,15,20,28H,8-11,13-14H2,1-3H3/t20-/m1/s1. The summed E-state index contributed by atoms with van der Waals surface area (Å²) in [6.07, 6.45) is 0.995. The number of methoxy groups -OCH3 is 2. The molecule has 9 heteroatoms. The van der Waals surface area contributed by atoms with E-state index in [4.69, 9.17) is 9.47 Å². The van der Waals surface area contributed by atoms with Gasteiger partial charge in [0.15, 0.2) is 0 Å². The summed E-state index contributed by atoms with van der Waals surface area (Å²) in [6, 6.07) is 8.10. The first kappa shape index (κ1) is 22.8. The SMILES string of the molecule is COc1ccc(OC)c2c1CN(C(=O)c1ccc(N3CCC(C)CC3)c([N+](=O)[O-])c1)C[C@H]2O. The third-order valence-corrected chi connectivity index (χ3v) is 6.62. The van der Waals surface area contributed by atoms with Gasteiger partial charge in [-0.25, -0.2) is 0 Å². The van der Waals surface area contributed by atoms with Gasteiger partial charge in [-0.2, -0.15) is 0 Å². The number of carbonyl (C=O) groups excluding carboxylic acids is 1. The minimum Gasteiger partial charge on any atom is -0.496 e. The number of hydrogen-bond acceptors (Lipinski definition) is 7. The fourth-order valence-electron chi connectivity index (χ4n) is 4.73. The number of fused-ring (bicyclic) bond motifs is 1. The molecule has 9 nitrogen and oxygen atoms in total. The Labute approximate surface area is 192 Å². The van der Waals surface area contributed by atoms with Crippen LogP contribution >= 0.6 is 0 Å². The average molecular weight is 456 g/mol. The summed E-state index contributed by atoms with van der Waals surface area (Å²) in [7, 11) is 3.05. The Balaban J connectivity index is 1.64. The number of anilines is 1. The number of nitro groups is 1. The Morgan fingerprint density at radius 3 is 2.42 bits per heavy atom. The molecule has 4 rings (SSSR count). The van der Waals surface area contributed by atoms with Crippen molar-refractivity contribution in [1.82, 2.24) is 4.90 Å². The van der Waals surface area contributed by atoms with Crippen LogP contribution in [-0.2, 0) is 6.54 Å². The number of aliphatic hydroxyl groups is 1. The summed E-state index contributed by atoms with van der Waals surface area (Å²) < 4.78 is 10.8. The predicted octanol–water partition coefficient (Wildman–Crippen LogP) is 3.54. The zero-order valence-corrected chi connectivity index (χ0v) is 19.1. The number of benzene rings is 2. The first-order valence-electron chi connectivity index (χ1n) is 11.1. The lowest BCUT2D eigenvalue weighted by Crippen LogP contribution is -2.38. The highest BCUT2D eigenvalue weighted by Gasteiger charge is 2.33. The molecule has 2 aliphatic rings. The second-order valence-corrected chi connectivity index (χ2v) is 8.69. The molecule has 2 aromatic carbocycles. The Kier molecular flexibility index (Phi) is 6.42. The van der Waals surface area contributed by atoms with Crippen LogP contribution in [0.4, 0.5) is 11.4 Å². The molecule has 0 aromatic heterocycles. The molecule has 33 heavy (non-hydrogen) atoms. The first-order valence-corrected chi connectivity index (χ1v) is 11.1. The molecule has 2 aromatic rings. The van der Waals surface area contributed by atoms with Crippen molar-refractivity contribution < 1.29 is 24.3 Å². The minimum atomic E-state index is -0.965. The molecule has 0 aliphatic carbocycles. The summed E-state index contributed by atoms with van der Waals surface area (Å²) in [5.41, 5.74) is 1.94. The number of hydrogen-bond donors (Lipinski definition) is 1. The predicted molar refractivity (Wildman–Crippen MR) is 123 cm³/mol. The number of nitrogens with zero attached hydrogens (tertiary/aromatic N) is 3. The Morgan fingerprint density at radius 2 is 1.79 bits per heavy atom. The van der Waals surface area contributed by atoms with E-state index in [1.807, 2.05) is 4.90 Å². The summed E-state index contributed by atoms with van der Waals surface area (Å²) in [5.74, 6) is 1.29. The van der Waals surface area contributed by atoms with E-state index in [1.165, 1.54) is 25.2 Å². The lowest BCUT2D eigenvalue weighted by molar-refractivity contribution is -0.384. The number of β-amino-alcohol motifs (C(OH)–C–C–N with tert-alkyl or cyclic N) is 1. The third kappa shape index (κ3) is 4.32. The fourth-order valence-corrected chi connectivity index (χ4v) is 4.73. The smallest absolute Gasteiger partial charge is 0.293 e. The molecule has 0 spiro atoms. The molecule has 1 saturated heterocycles. The van der Waals surface area contributed by atoms with Crippen LogP contribution in [0.25, 0.3) is 0 Å². The normalized spacial score (nSPS) is 18.6. The number of ether oxygens (including phenoxy) is 2. The van der Waals surface area contributed by atoms with E-state index in [9.17, 15) is 20.0 Å². The van der Waals surface area contributed by atoms with Crippen LogP contribution in [0, 0.1) is 16.0 Å². The molecule has 0 saturated carbocycles. The van der Waals surface area contributed by atoms with Gasteiger partial charge in [0, 0.05) is 35.8 Å². The maximum Gasteiger partial charge on any atom is 0.293 e. The molecule has 0 bridgehead atoms. The van der Waals surface area contributed by atoms with Gasteiger partial charge in [0.05, 0.1) is 32.2 Å². The first-order chi connectivity index (χ1) is 15.8. The van der Waals surface area contributed by atoms with Crippen molar-refractivity contribution in [1.29, 1.82) is 0 Å². The Hall–Kier alpha value is -3.33. The molecule has 176 valence electrons. The molecule has 1 N–H and O–H groups in total. The van der Waals surface area contributed by atoms with Crippen molar-refractivity contribution in [2.75, 3.05) is 38.8 Å². The largest absolute Gasteiger partial charge is 0.496 e. The highest BCUT2D eigenvalue weighted by atomic mass is 16.6. The van der Waals surface area contributed by atoms with Gasteiger partial charge < -0.3 is 24.4 Å². The van der Waals surface area contributed by atoms with Crippen LogP contribution in [0.1, 0.15) is 47.4 Å². The van der Waals surface area contributed by atoms with Crippen molar-refractivity contribution in [2.45, 2.75) is 32.4 Å². The van der Waals surface area contributed by atoms with Crippen molar-refractivity contribution in [3.8, 4) is 11.5 Å².